The minimum Gasteiger partial charge on any atom is -0.250 e. The fraction of sp³-hybridized carbons (Fsp3) is 0.0526. The SMILES string of the molecule is Cc1n[nH]c(=S)n1/N=C\c1cn(-c2ccccc2)nc1-c1cccc(Cl)c1. The molecule has 0 spiro atoms. The highest BCUT2D eigenvalue weighted by molar-refractivity contribution is 7.71. The zero-order valence-electron chi connectivity index (χ0n) is 14.4. The van der Waals surface area contributed by atoms with E-state index in [1.807, 2.05) is 72.4 Å². The van der Waals surface area contributed by atoms with Crippen LogP contribution in [0.15, 0.2) is 65.9 Å². The van der Waals surface area contributed by atoms with Crippen LogP contribution < -0.4 is 0 Å². The second-order valence-corrected chi connectivity index (χ2v) is 6.68. The summed E-state index contributed by atoms with van der Waals surface area (Å²) < 4.78 is 3.82. The molecular formula is C19H15ClN6S. The van der Waals surface area contributed by atoms with Crippen molar-refractivity contribution >= 4 is 30.0 Å². The molecule has 4 rings (SSSR count). The van der Waals surface area contributed by atoms with Gasteiger partial charge in [0.15, 0.2) is 0 Å². The summed E-state index contributed by atoms with van der Waals surface area (Å²) in [5, 5.41) is 16.6. The third-order valence-electron chi connectivity index (χ3n) is 3.99. The average molecular weight is 395 g/mol. The number of H-pyrrole nitrogens is 1. The summed E-state index contributed by atoms with van der Waals surface area (Å²) in [5.74, 6) is 0.677. The number of nitrogens with one attached hydrogen (secondary N) is 1. The summed E-state index contributed by atoms with van der Waals surface area (Å²) in [7, 11) is 0. The van der Waals surface area contributed by atoms with Gasteiger partial charge < -0.3 is 0 Å². The van der Waals surface area contributed by atoms with E-state index < -0.39 is 0 Å². The van der Waals surface area contributed by atoms with Gasteiger partial charge in [-0.2, -0.15) is 20.0 Å². The maximum atomic E-state index is 6.17. The summed E-state index contributed by atoms with van der Waals surface area (Å²) in [6, 6.07) is 17.5. The molecule has 0 aliphatic carbocycles. The van der Waals surface area contributed by atoms with E-state index in [0.29, 0.717) is 15.6 Å². The first-order valence-corrected chi connectivity index (χ1v) is 9.00. The lowest BCUT2D eigenvalue weighted by Gasteiger charge is -2.01. The molecule has 2 heterocycles. The number of rotatable bonds is 4. The van der Waals surface area contributed by atoms with Gasteiger partial charge in [-0.05, 0) is 43.4 Å². The number of nitrogens with zero attached hydrogens (tertiary/aromatic N) is 5. The Morgan fingerprint density at radius 3 is 2.67 bits per heavy atom. The molecule has 27 heavy (non-hydrogen) atoms. The van der Waals surface area contributed by atoms with Gasteiger partial charge in [-0.3, -0.25) is 5.10 Å². The van der Waals surface area contributed by atoms with E-state index in [0.717, 1.165) is 22.5 Å². The molecule has 0 saturated heterocycles. The molecule has 0 bridgehead atoms. The summed E-state index contributed by atoms with van der Waals surface area (Å²) in [6.45, 7) is 1.83. The lowest BCUT2D eigenvalue weighted by Crippen LogP contribution is -1.94. The highest BCUT2D eigenvalue weighted by Gasteiger charge is 2.12. The maximum absolute atomic E-state index is 6.17. The minimum absolute atomic E-state index is 0.434. The molecule has 2 aromatic carbocycles. The molecule has 134 valence electrons. The topological polar surface area (TPSA) is 63.8 Å². The van der Waals surface area contributed by atoms with Crippen LogP contribution in [0.25, 0.3) is 16.9 Å². The lowest BCUT2D eigenvalue weighted by molar-refractivity contribution is 0.821. The zero-order chi connectivity index (χ0) is 18.8. The van der Waals surface area contributed by atoms with Gasteiger partial charge in [0.25, 0.3) is 0 Å². The standard InChI is InChI=1S/C19H15ClN6S/c1-13-22-23-19(27)26(13)21-11-15-12-25(17-8-3-2-4-9-17)24-18(15)14-6-5-7-16(20)10-14/h2-12H,1H3,(H,23,27)/b21-11-. The Hall–Kier alpha value is -3.03. The highest BCUT2D eigenvalue weighted by atomic mass is 35.5. The van der Waals surface area contributed by atoms with Crippen molar-refractivity contribution in [1.82, 2.24) is 24.7 Å². The van der Waals surface area contributed by atoms with Crippen LogP contribution in [0.1, 0.15) is 11.4 Å². The van der Waals surface area contributed by atoms with Crippen molar-refractivity contribution in [2.75, 3.05) is 0 Å². The van der Waals surface area contributed by atoms with Crippen molar-refractivity contribution in [3.63, 3.8) is 0 Å². The fourth-order valence-electron chi connectivity index (χ4n) is 2.68. The molecule has 4 aromatic rings. The minimum atomic E-state index is 0.434. The van der Waals surface area contributed by atoms with Crippen LogP contribution in [-0.2, 0) is 0 Å². The number of hydrogen-bond donors (Lipinski definition) is 1. The van der Waals surface area contributed by atoms with Gasteiger partial charge in [0.2, 0.25) is 4.77 Å². The second kappa shape index (κ2) is 7.30. The number of aromatic amines is 1. The van der Waals surface area contributed by atoms with Crippen LogP contribution >= 0.6 is 23.8 Å². The fourth-order valence-corrected chi connectivity index (χ4v) is 3.10. The Morgan fingerprint density at radius 2 is 1.96 bits per heavy atom. The number of halogens is 1. The van der Waals surface area contributed by atoms with E-state index in [9.17, 15) is 0 Å². The molecule has 0 aliphatic rings. The van der Waals surface area contributed by atoms with E-state index >= 15 is 0 Å². The third-order valence-corrected chi connectivity index (χ3v) is 4.49. The normalized spacial score (nSPS) is 11.3. The van der Waals surface area contributed by atoms with E-state index in [-0.39, 0.29) is 0 Å². The molecule has 1 N–H and O–H groups in total. The second-order valence-electron chi connectivity index (χ2n) is 5.86. The molecule has 0 aliphatic heterocycles. The Morgan fingerprint density at radius 1 is 1.15 bits per heavy atom. The van der Waals surface area contributed by atoms with E-state index in [2.05, 4.69) is 15.3 Å². The summed E-state index contributed by atoms with van der Waals surface area (Å²) in [6.07, 6.45) is 3.65. The van der Waals surface area contributed by atoms with Crippen LogP contribution in [-0.4, -0.2) is 30.9 Å². The van der Waals surface area contributed by atoms with Crippen molar-refractivity contribution in [2.24, 2.45) is 5.10 Å². The molecule has 8 heteroatoms. The molecule has 6 nitrogen and oxygen atoms in total. The molecule has 0 fully saturated rings. The van der Waals surface area contributed by atoms with Gasteiger partial charge in [0.1, 0.15) is 11.5 Å². The Labute approximate surface area is 165 Å². The largest absolute Gasteiger partial charge is 0.250 e. The van der Waals surface area contributed by atoms with Crippen LogP contribution in [0, 0.1) is 11.7 Å². The van der Waals surface area contributed by atoms with E-state index in [4.69, 9.17) is 28.9 Å². The Balaban J connectivity index is 1.84. The maximum Gasteiger partial charge on any atom is 0.216 e. The van der Waals surface area contributed by atoms with Crippen molar-refractivity contribution in [2.45, 2.75) is 6.92 Å². The number of benzene rings is 2. The Kier molecular flexibility index (Phi) is 4.70. The van der Waals surface area contributed by atoms with Crippen LogP contribution in [0.3, 0.4) is 0 Å². The first-order valence-electron chi connectivity index (χ1n) is 8.21. The number of aryl methyl sites for hydroxylation is 1. The molecule has 0 atom stereocenters. The van der Waals surface area contributed by atoms with Crippen LogP contribution in [0.5, 0.6) is 0 Å². The van der Waals surface area contributed by atoms with Gasteiger partial charge in [-0.15, -0.1) is 0 Å². The van der Waals surface area contributed by atoms with Crippen LogP contribution in [0.2, 0.25) is 5.02 Å². The molecule has 0 amide bonds. The van der Waals surface area contributed by atoms with Gasteiger partial charge >= 0.3 is 0 Å². The van der Waals surface area contributed by atoms with Crippen molar-refractivity contribution < 1.29 is 0 Å². The van der Waals surface area contributed by atoms with E-state index in [1.165, 1.54) is 0 Å². The smallest absolute Gasteiger partial charge is 0.216 e. The van der Waals surface area contributed by atoms with Crippen LogP contribution in [0.4, 0.5) is 0 Å². The van der Waals surface area contributed by atoms with Gasteiger partial charge in [0, 0.05) is 22.3 Å². The lowest BCUT2D eigenvalue weighted by atomic mass is 10.1. The quantitative estimate of drug-likeness (QED) is 0.405. The molecule has 2 aromatic heterocycles. The third kappa shape index (κ3) is 3.60. The number of hydrogen-bond acceptors (Lipinski definition) is 4. The van der Waals surface area contributed by atoms with Gasteiger partial charge in [-0.1, -0.05) is 41.9 Å². The van der Waals surface area contributed by atoms with Crippen molar-refractivity contribution in [3.8, 4) is 16.9 Å². The summed E-state index contributed by atoms with van der Waals surface area (Å²) in [4.78, 5) is 0. The first kappa shape index (κ1) is 17.4. The molecule has 0 radical (unpaired) electrons. The number of aromatic nitrogens is 5. The Bertz CT molecular complexity index is 1170. The molecule has 0 saturated carbocycles. The zero-order valence-corrected chi connectivity index (χ0v) is 15.9. The van der Waals surface area contributed by atoms with Gasteiger partial charge in [0.05, 0.1) is 11.9 Å². The predicted molar refractivity (Wildman–Crippen MR) is 109 cm³/mol. The number of para-hydroxylation sites is 1. The van der Waals surface area contributed by atoms with Crippen molar-refractivity contribution in [1.29, 1.82) is 0 Å². The molecular weight excluding hydrogens is 380 g/mol. The molecule has 0 unspecified atom stereocenters. The summed E-state index contributed by atoms with van der Waals surface area (Å²) >= 11 is 11.4. The van der Waals surface area contributed by atoms with E-state index in [1.54, 1.807) is 10.9 Å². The van der Waals surface area contributed by atoms with Gasteiger partial charge in [-0.25, -0.2) is 4.68 Å². The summed E-state index contributed by atoms with van der Waals surface area (Å²) in [5.41, 5.74) is 3.48. The first-order chi connectivity index (χ1) is 13.1. The highest BCUT2D eigenvalue weighted by Crippen LogP contribution is 2.25. The monoisotopic (exact) mass is 394 g/mol. The average Bonchev–Trinajstić information content (AvgIpc) is 3.24. The predicted octanol–water partition coefficient (Wildman–Crippen LogP) is 4.64. The van der Waals surface area contributed by atoms with Crippen molar-refractivity contribution in [3.05, 3.63) is 82.0 Å².